The molecule has 0 heterocycles. The minimum atomic E-state index is -0.732. The van der Waals surface area contributed by atoms with Gasteiger partial charge in [-0.25, -0.2) is 0 Å². The Morgan fingerprint density at radius 3 is 2.38 bits per heavy atom. The average molecular weight is 219 g/mol. The molecule has 0 radical (unpaired) electrons. The van der Waals surface area contributed by atoms with Gasteiger partial charge in [-0.15, -0.1) is 0 Å². The predicted octanol–water partition coefficient (Wildman–Crippen LogP) is 1.77. The Morgan fingerprint density at radius 1 is 1.38 bits per heavy atom. The summed E-state index contributed by atoms with van der Waals surface area (Å²) in [6.45, 7) is 2.60. The molecule has 0 atom stereocenters. The van der Waals surface area contributed by atoms with Gasteiger partial charge in [0.2, 0.25) is 0 Å². The van der Waals surface area contributed by atoms with Gasteiger partial charge in [-0.1, -0.05) is 37.3 Å². The molecule has 1 aromatic rings. The molecule has 0 amide bonds. The second-order valence-electron chi connectivity index (χ2n) is 5.12. The first kappa shape index (κ1) is 11.1. The van der Waals surface area contributed by atoms with Gasteiger partial charge < -0.3 is 10.8 Å². The van der Waals surface area contributed by atoms with Gasteiger partial charge in [-0.3, -0.25) is 4.79 Å². The number of carbonyl (C=O) groups is 1. The topological polar surface area (TPSA) is 63.3 Å². The van der Waals surface area contributed by atoms with Gasteiger partial charge in [0.15, 0.2) is 0 Å². The van der Waals surface area contributed by atoms with Crippen molar-refractivity contribution >= 4 is 5.97 Å². The molecule has 1 aromatic carbocycles. The summed E-state index contributed by atoms with van der Waals surface area (Å²) in [6, 6.07) is 9.46. The molecule has 3 N–H and O–H groups in total. The Kier molecular flexibility index (Phi) is 2.50. The zero-order valence-electron chi connectivity index (χ0n) is 9.44. The number of carboxylic acids is 1. The molecule has 16 heavy (non-hydrogen) atoms. The fourth-order valence-electron chi connectivity index (χ4n) is 2.79. The summed E-state index contributed by atoms with van der Waals surface area (Å²) in [5.74, 6) is -0.732. The van der Waals surface area contributed by atoms with Crippen molar-refractivity contribution in [3.8, 4) is 0 Å². The Balaban J connectivity index is 2.32. The maximum atomic E-state index is 11.5. The van der Waals surface area contributed by atoms with E-state index in [0.717, 1.165) is 5.56 Å². The lowest BCUT2D eigenvalue weighted by atomic mass is 9.51. The van der Waals surface area contributed by atoms with Gasteiger partial charge in [0.25, 0.3) is 0 Å². The predicted molar refractivity (Wildman–Crippen MR) is 62.2 cm³/mol. The molecular weight excluding hydrogens is 202 g/mol. The van der Waals surface area contributed by atoms with E-state index in [9.17, 15) is 9.90 Å². The molecule has 86 valence electrons. The number of aliphatic carboxylic acids is 1. The van der Waals surface area contributed by atoms with E-state index in [1.54, 1.807) is 0 Å². The highest BCUT2D eigenvalue weighted by molar-refractivity contribution is 5.83. The van der Waals surface area contributed by atoms with Crippen molar-refractivity contribution in [1.82, 2.24) is 0 Å². The molecule has 0 aliphatic heterocycles. The maximum absolute atomic E-state index is 11.5. The molecule has 1 fully saturated rings. The van der Waals surface area contributed by atoms with Crippen molar-refractivity contribution in [1.29, 1.82) is 0 Å². The summed E-state index contributed by atoms with van der Waals surface area (Å²) in [7, 11) is 0. The second kappa shape index (κ2) is 3.59. The molecule has 0 saturated heterocycles. The lowest BCUT2D eigenvalue weighted by Crippen LogP contribution is -2.56. The summed E-state index contributed by atoms with van der Waals surface area (Å²) in [6.07, 6.45) is 1.27. The quantitative estimate of drug-likeness (QED) is 0.814. The van der Waals surface area contributed by atoms with Crippen molar-refractivity contribution in [3.05, 3.63) is 35.9 Å². The Morgan fingerprint density at radius 2 is 1.94 bits per heavy atom. The third kappa shape index (κ3) is 1.52. The Bertz CT molecular complexity index is 394. The number of hydrogen-bond donors (Lipinski definition) is 2. The van der Waals surface area contributed by atoms with Crippen molar-refractivity contribution in [2.24, 2.45) is 11.1 Å². The number of rotatable bonds is 3. The molecule has 3 heteroatoms. The highest BCUT2D eigenvalue weighted by Gasteiger charge is 2.56. The Labute approximate surface area is 95.3 Å². The molecule has 3 nitrogen and oxygen atoms in total. The van der Waals surface area contributed by atoms with Crippen LogP contribution in [0, 0.1) is 5.41 Å². The van der Waals surface area contributed by atoms with Crippen LogP contribution in [-0.2, 0) is 10.2 Å². The van der Waals surface area contributed by atoms with E-state index >= 15 is 0 Å². The van der Waals surface area contributed by atoms with Gasteiger partial charge in [-0.2, -0.15) is 0 Å². The van der Waals surface area contributed by atoms with Crippen LogP contribution in [0.2, 0.25) is 0 Å². The fourth-order valence-corrected chi connectivity index (χ4v) is 2.79. The van der Waals surface area contributed by atoms with Crippen molar-refractivity contribution in [2.45, 2.75) is 25.2 Å². The van der Waals surface area contributed by atoms with Crippen LogP contribution in [-0.4, -0.2) is 17.6 Å². The summed E-state index contributed by atoms with van der Waals surface area (Å²) in [5.41, 5.74) is 5.84. The number of hydrogen-bond acceptors (Lipinski definition) is 2. The molecule has 0 spiro atoms. The molecule has 1 aliphatic rings. The first-order chi connectivity index (χ1) is 7.52. The average Bonchev–Trinajstić information content (AvgIpc) is 2.25. The first-order valence-electron chi connectivity index (χ1n) is 5.51. The van der Waals surface area contributed by atoms with Crippen molar-refractivity contribution in [2.75, 3.05) is 6.54 Å². The van der Waals surface area contributed by atoms with Crippen LogP contribution in [0.4, 0.5) is 0 Å². The summed E-state index contributed by atoms with van der Waals surface area (Å²) < 4.78 is 0. The molecular formula is C13H17NO2. The van der Waals surface area contributed by atoms with Gasteiger partial charge in [0, 0.05) is 0 Å². The largest absolute Gasteiger partial charge is 0.481 e. The number of nitrogens with two attached hydrogens (primary N) is 1. The van der Waals surface area contributed by atoms with Crippen molar-refractivity contribution in [3.63, 3.8) is 0 Å². The molecule has 0 aromatic heterocycles. The van der Waals surface area contributed by atoms with Gasteiger partial charge in [0.05, 0.1) is 5.41 Å². The first-order valence-corrected chi connectivity index (χ1v) is 5.51. The summed E-state index contributed by atoms with van der Waals surface area (Å²) in [4.78, 5) is 11.5. The van der Waals surface area contributed by atoms with E-state index < -0.39 is 11.4 Å². The minimum Gasteiger partial charge on any atom is -0.481 e. The SMILES string of the molecule is CC1(CN)CC(C(=O)O)(c2ccccc2)C1. The number of benzene rings is 1. The lowest BCUT2D eigenvalue weighted by Gasteiger charge is -2.52. The Hall–Kier alpha value is -1.35. The third-order valence-corrected chi connectivity index (χ3v) is 3.69. The molecule has 2 rings (SSSR count). The standard InChI is InChI=1S/C13H17NO2/c1-12(9-14)7-13(8-12,11(15)16)10-5-3-2-4-6-10/h2-6H,7-9,14H2,1H3,(H,15,16). The van der Waals surface area contributed by atoms with Gasteiger partial charge in [-0.05, 0) is 30.4 Å². The van der Waals surface area contributed by atoms with E-state index in [-0.39, 0.29) is 5.41 Å². The van der Waals surface area contributed by atoms with E-state index in [4.69, 9.17) is 5.73 Å². The zero-order valence-corrected chi connectivity index (χ0v) is 9.44. The molecule has 0 unspecified atom stereocenters. The van der Waals surface area contributed by atoms with Gasteiger partial charge in [0.1, 0.15) is 0 Å². The molecule has 1 saturated carbocycles. The second-order valence-corrected chi connectivity index (χ2v) is 5.12. The highest BCUT2D eigenvalue weighted by atomic mass is 16.4. The van der Waals surface area contributed by atoms with Gasteiger partial charge >= 0.3 is 5.97 Å². The lowest BCUT2D eigenvalue weighted by molar-refractivity contribution is -0.153. The number of carboxylic acid groups (broad SMARTS) is 1. The van der Waals surface area contributed by atoms with Crippen LogP contribution in [0.3, 0.4) is 0 Å². The zero-order chi connectivity index (χ0) is 11.8. The summed E-state index contributed by atoms with van der Waals surface area (Å²) in [5, 5.41) is 9.42. The van der Waals surface area contributed by atoms with Crippen LogP contribution in [0.5, 0.6) is 0 Å². The van der Waals surface area contributed by atoms with Crippen molar-refractivity contribution < 1.29 is 9.90 Å². The van der Waals surface area contributed by atoms with E-state index in [1.165, 1.54) is 0 Å². The maximum Gasteiger partial charge on any atom is 0.314 e. The third-order valence-electron chi connectivity index (χ3n) is 3.69. The van der Waals surface area contributed by atoms with Crippen LogP contribution >= 0.6 is 0 Å². The highest BCUT2D eigenvalue weighted by Crippen LogP contribution is 2.55. The normalized spacial score (nSPS) is 33.1. The summed E-state index contributed by atoms with van der Waals surface area (Å²) >= 11 is 0. The smallest absolute Gasteiger partial charge is 0.314 e. The van der Waals surface area contributed by atoms with E-state index in [2.05, 4.69) is 6.92 Å². The van der Waals surface area contributed by atoms with Crippen LogP contribution < -0.4 is 5.73 Å². The molecule has 1 aliphatic carbocycles. The molecule has 0 bridgehead atoms. The fraction of sp³-hybridized carbons (Fsp3) is 0.462. The van der Waals surface area contributed by atoms with Crippen LogP contribution in [0.15, 0.2) is 30.3 Å². The van der Waals surface area contributed by atoms with E-state index in [1.807, 2.05) is 30.3 Å². The van der Waals surface area contributed by atoms with Crippen LogP contribution in [0.1, 0.15) is 25.3 Å². The minimum absolute atomic E-state index is 0.0196. The van der Waals surface area contributed by atoms with Crippen LogP contribution in [0.25, 0.3) is 0 Å². The monoisotopic (exact) mass is 219 g/mol. The van der Waals surface area contributed by atoms with E-state index in [0.29, 0.717) is 19.4 Å².